The van der Waals surface area contributed by atoms with Crippen LogP contribution >= 0.6 is 0 Å². The Kier molecular flexibility index (Phi) is 5.23. The zero-order valence-corrected chi connectivity index (χ0v) is 12.4. The number of hydrogen-bond donors (Lipinski definition) is 1. The highest BCUT2D eigenvalue weighted by Gasteiger charge is 2.17. The number of ether oxygens (including phenoxy) is 1. The van der Waals surface area contributed by atoms with Gasteiger partial charge in [0.05, 0.1) is 6.10 Å². The molecule has 0 atom stereocenters. The van der Waals surface area contributed by atoms with E-state index in [1.807, 2.05) is 0 Å². The van der Waals surface area contributed by atoms with E-state index in [1.165, 1.54) is 18.4 Å². The van der Waals surface area contributed by atoms with Crippen LogP contribution in [0.1, 0.15) is 32.3 Å². The molecule has 106 valence electrons. The van der Waals surface area contributed by atoms with Gasteiger partial charge in [0, 0.05) is 12.6 Å². The predicted molar refractivity (Wildman–Crippen MR) is 79.6 cm³/mol. The summed E-state index contributed by atoms with van der Waals surface area (Å²) in [6.07, 6.45) is 2.75. The minimum Gasteiger partial charge on any atom is -0.491 e. The second-order valence-corrected chi connectivity index (χ2v) is 5.71. The van der Waals surface area contributed by atoms with Crippen molar-refractivity contribution >= 4 is 0 Å². The van der Waals surface area contributed by atoms with Gasteiger partial charge in [-0.25, -0.2) is 0 Å². The maximum Gasteiger partial charge on any atom is 0.119 e. The molecular weight excluding hydrogens is 236 g/mol. The molecule has 1 N–H and O–H groups in total. The van der Waals surface area contributed by atoms with Crippen LogP contribution in [0, 0.1) is 0 Å². The fourth-order valence-corrected chi connectivity index (χ4v) is 2.61. The van der Waals surface area contributed by atoms with E-state index < -0.39 is 0 Å². The van der Waals surface area contributed by atoms with Crippen molar-refractivity contribution in [3.05, 3.63) is 29.8 Å². The van der Waals surface area contributed by atoms with E-state index in [4.69, 9.17) is 4.74 Å². The van der Waals surface area contributed by atoms with Gasteiger partial charge in [0.2, 0.25) is 0 Å². The lowest BCUT2D eigenvalue weighted by atomic mass is 10.0. The first-order valence-electron chi connectivity index (χ1n) is 7.31. The van der Waals surface area contributed by atoms with E-state index in [9.17, 15) is 0 Å². The summed E-state index contributed by atoms with van der Waals surface area (Å²) in [7, 11) is 2.23. The van der Waals surface area contributed by atoms with Crippen LogP contribution in [0.15, 0.2) is 24.3 Å². The summed E-state index contributed by atoms with van der Waals surface area (Å²) in [6, 6.07) is 9.22. The Balaban J connectivity index is 1.87. The van der Waals surface area contributed by atoms with Crippen molar-refractivity contribution in [3.63, 3.8) is 0 Å². The van der Waals surface area contributed by atoms with Crippen LogP contribution in [-0.2, 0) is 6.54 Å². The van der Waals surface area contributed by atoms with Crippen LogP contribution in [0.4, 0.5) is 0 Å². The Morgan fingerprint density at radius 2 is 1.84 bits per heavy atom. The Morgan fingerprint density at radius 3 is 2.42 bits per heavy atom. The molecular formula is C16H26N2O. The zero-order valence-electron chi connectivity index (χ0n) is 12.4. The number of hydrogen-bond acceptors (Lipinski definition) is 3. The second-order valence-electron chi connectivity index (χ2n) is 5.71. The molecule has 0 amide bonds. The SMILES string of the molecule is CC(C)Oc1ccc(CN(C)C2CCNCC2)cc1. The van der Waals surface area contributed by atoms with Crippen molar-refractivity contribution in [3.8, 4) is 5.75 Å². The standard InChI is InChI=1S/C16H26N2O/c1-13(2)19-16-6-4-14(5-7-16)12-18(3)15-8-10-17-11-9-15/h4-7,13,15,17H,8-12H2,1-3H3. The highest BCUT2D eigenvalue weighted by atomic mass is 16.5. The number of benzene rings is 1. The van der Waals surface area contributed by atoms with Crippen LogP contribution < -0.4 is 10.1 Å². The van der Waals surface area contributed by atoms with Gasteiger partial charge in [-0.05, 0) is 64.5 Å². The first kappa shape index (κ1) is 14.4. The van der Waals surface area contributed by atoms with Crippen molar-refractivity contribution in [2.24, 2.45) is 0 Å². The largest absolute Gasteiger partial charge is 0.491 e. The van der Waals surface area contributed by atoms with Crippen LogP contribution in [-0.4, -0.2) is 37.2 Å². The molecule has 0 unspecified atom stereocenters. The number of piperidine rings is 1. The minimum absolute atomic E-state index is 0.239. The van der Waals surface area contributed by atoms with Gasteiger partial charge in [0.15, 0.2) is 0 Å². The molecule has 19 heavy (non-hydrogen) atoms. The average molecular weight is 262 g/mol. The van der Waals surface area contributed by atoms with E-state index in [-0.39, 0.29) is 6.10 Å². The Morgan fingerprint density at radius 1 is 1.21 bits per heavy atom. The topological polar surface area (TPSA) is 24.5 Å². The molecule has 0 bridgehead atoms. The van der Waals surface area contributed by atoms with Crippen LogP contribution in [0.5, 0.6) is 5.75 Å². The van der Waals surface area contributed by atoms with Gasteiger partial charge in [0.25, 0.3) is 0 Å². The smallest absolute Gasteiger partial charge is 0.119 e. The molecule has 0 saturated carbocycles. The van der Waals surface area contributed by atoms with Gasteiger partial charge >= 0.3 is 0 Å². The van der Waals surface area contributed by atoms with E-state index in [0.29, 0.717) is 6.04 Å². The summed E-state index contributed by atoms with van der Waals surface area (Å²) in [4.78, 5) is 2.47. The van der Waals surface area contributed by atoms with Crippen molar-refractivity contribution in [2.45, 2.75) is 45.4 Å². The van der Waals surface area contributed by atoms with Crippen LogP contribution in [0.2, 0.25) is 0 Å². The maximum atomic E-state index is 5.67. The molecule has 0 aliphatic carbocycles. The third-order valence-electron chi connectivity index (χ3n) is 3.66. The molecule has 0 radical (unpaired) electrons. The molecule has 0 spiro atoms. The van der Waals surface area contributed by atoms with Gasteiger partial charge < -0.3 is 10.1 Å². The normalized spacial score (nSPS) is 17.1. The molecule has 1 aromatic rings. The van der Waals surface area contributed by atoms with Gasteiger partial charge in [-0.15, -0.1) is 0 Å². The second kappa shape index (κ2) is 6.92. The lowest BCUT2D eigenvalue weighted by molar-refractivity contribution is 0.191. The highest BCUT2D eigenvalue weighted by Crippen LogP contribution is 2.17. The molecule has 2 rings (SSSR count). The molecule has 1 aliphatic rings. The Labute approximate surface area is 116 Å². The van der Waals surface area contributed by atoms with Gasteiger partial charge in [-0.1, -0.05) is 12.1 Å². The summed E-state index contributed by atoms with van der Waals surface area (Å²) < 4.78 is 5.67. The van der Waals surface area contributed by atoms with Gasteiger partial charge in [-0.2, -0.15) is 0 Å². The van der Waals surface area contributed by atoms with Crippen molar-refractivity contribution in [2.75, 3.05) is 20.1 Å². The molecule has 1 saturated heterocycles. The first-order chi connectivity index (χ1) is 9.15. The van der Waals surface area contributed by atoms with E-state index in [0.717, 1.165) is 25.4 Å². The van der Waals surface area contributed by atoms with E-state index in [2.05, 4.69) is 55.4 Å². The number of nitrogens with one attached hydrogen (secondary N) is 1. The third kappa shape index (κ3) is 4.51. The Hall–Kier alpha value is -1.06. The summed E-state index contributed by atoms with van der Waals surface area (Å²) in [5.74, 6) is 0.961. The molecule has 3 nitrogen and oxygen atoms in total. The summed E-state index contributed by atoms with van der Waals surface area (Å²) in [5, 5.41) is 3.42. The summed E-state index contributed by atoms with van der Waals surface area (Å²) in [6.45, 7) is 7.43. The third-order valence-corrected chi connectivity index (χ3v) is 3.66. The molecule has 0 aromatic heterocycles. The van der Waals surface area contributed by atoms with Gasteiger partial charge in [-0.3, -0.25) is 4.90 Å². The average Bonchev–Trinajstić information content (AvgIpc) is 2.41. The molecule has 1 fully saturated rings. The van der Waals surface area contributed by atoms with E-state index >= 15 is 0 Å². The molecule has 1 heterocycles. The lowest BCUT2D eigenvalue weighted by Crippen LogP contribution is -2.40. The van der Waals surface area contributed by atoms with Crippen molar-refractivity contribution in [1.82, 2.24) is 10.2 Å². The molecule has 3 heteroatoms. The zero-order chi connectivity index (χ0) is 13.7. The molecule has 1 aliphatic heterocycles. The Bertz CT molecular complexity index is 369. The summed E-state index contributed by atoms with van der Waals surface area (Å²) >= 11 is 0. The fourth-order valence-electron chi connectivity index (χ4n) is 2.61. The van der Waals surface area contributed by atoms with Gasteiger partial charge in [0.1, 0.15) is 5.75 Å². The quantitative estimate of drug-likeness (QED) is 0.883. The molecule has 1 aromatic carbocycles. The van der Waals surface area contributed by atoms with Crippen molar-refractivity contribution < 1.29 is 4.74 Å². The van der Waals surface area contributed by atoms with Crippen molar-refractivity contribution in [1.29, 1.82) is 0 Å². The highest BCUT2D eigenvalue weighted by molar-refractivity contribution is 5.27. The van der Waals surface area contributed by atoms with Crippen LogP contribution in [0.25, 0.3) is 0 Å². The fraction of sp³-hybridized carbons (Fsp3) is 0.625. The number of nitrogens with zero attached hydrogens (tertiary/aromatic N) is 1. The van der Waals surface area contributed by atoms with E-state index in [1.54, 1.807) is 0 Å². The first-order valence-corrected chi connectivity index (χ1v) is 7.31. The minimum atomic E-state index is 0.239. The maximum absolute atomic E-state index is 5.67. The summed E-state index contributed by atoms with van der Waals surface area (Å²) in [5.41, 5.74) is 1.36. The monoisotopic (exact) mass is 262 g/mol. The number of rotatable bonds is 5. The predicted octanol–water partition coefficient (Wildman–Crippen LogP) is 2.66. The lowest BCUT2D eigenvalue weighted by Gasteiger charge is -2.31. The van der Waals surface area contributed by atoms with Crippen LogP contribution in [0.3, 0.4) is 0 Å².